The van der Waals surface area contributed by atoms with Crippen LogP contribution in [-0.4, -0.2) is 29.6 Å². The van der Waals surface area contributed by atoms with Crippen molar-refractivity contribution in [1.29, 1.82) is 0 Å². The first-order valence-electron chi connectivity index (χ1n) is 6.57. The predicted octanol–water partition coefficient (Wildman–Crippen LogP) is 2.75. The van der Waals surface area contributed by atoms with Crippen molar-refractivity contribution in [3.63, 3.8) is 0 Å². The van der Waals surface area contributed by atoms with E-state index in [1.807, 2.05) is 37.9 Å². The van der Waals surface area contributed by atoms with Crippen molar-refractivity contribution in [2.75, 3.05) is 13.6 Å². The summed E-state index contributed by atoms with van der Waals surface area (Å²) >= 11 is 7.32. The molecule has 1 amide bonds. The van der Waals surface area contributed by atoms with Gasteiger partial charge in [-0.2, -0.15) is 0 Å². The summed E-state index contributed by atoms with van der Waals surface area (Å²) in [5.74, 6) is 0.779. The summed E-state index contributed by atoms with van der Waals surface area (Å²) in [5, 5.41) is 6.80. The number of halogens is 1. The van der Waals surface area contributed by atoms with E-state index in [0.29, 0.717) is 19.6 Å². The molecule has 0 fully saturated rings. The van der Waals surface area contributed by atoms with Crippen molar-refractivity contribution in [3.8, 4) is 0 Å². The summed E-state index contributed by atoms with van der Waals surface area (Å²) in [4.78, 5) is 14.9. The second-order valence-corrected chi connectivity index (χ2v) is 6.76. The lowest BCUT2D eigenvalue weighted by atomic mass is 10.2. The normalized spacial score (nSPS) is 11.1. The Bertz CT molecular complexity index is 604. The molecule has 0 aliphatic carbocycles. The Morgan fingerprint density at radius 2 is 2.24 bits per heavy atom. The topological polar surface area (TPSA) is 58.4 Å². The van der Waals surface area contributed by atoms with Gasteiger partial charge in [0.15, 0.2) is 0 Å². The van der Waals surface area contributed by atoms with Gasteiger partial charge in [0.05, 0.1) is 23.1 Å². The van der Waals surface area contributed by atoms with Crippen molar-refractivity contribution in [2.24, 2.45) is 0 Å². The summed E-state index contributed by atoms with van der Waals surface area (Å²) in [6.07, 6.45) is 0. The summed E-state index contributed by atoms with van der Waals surface area (Å²) < 4.78 is 5.85. The molecule has 2 rings (SSSR count). The Kier molecular flexibility index (Phi) is 5.39. The van der Waals surface area contributed by atoms with Gasteiger partial charge in [0.25, 0.3) is 0 Å². The lowest BCUT2D eigenvalue weighted by molar-refractivity contribution is -0.122. The van der Waals surface area contributed by atoms with Crippen molar-refractivity contribution < 1.29 is 9.32 Å². The van der Waals surface area contributed by atoms with Crippen LogP contribution in [0.15, 0.2) is 16.7 Å². The van der Waals surface area contributed by atoms with E-state index in [0.717, 1.165) is 26.2 Å². The SMILES string of the molecule is Cc1noc(C)c1CN(C)CC(=O)NCc1ccc(Cl)s1. The summed E-state index contributed by atoms with van der Waals surface area (Å²) in [5.41, 5.74) is 1.91. The van der Waals surface area contributed by atoms with Crippen LogP contribution in [0.5, 0.6) is 0 Å². The minimum Gasteiger partial charge on any atom is -0.361 e. The van der Waals surface area contributed by atoms with E-state index in [9.17, 15) is 4.79 Å². The zero-order valence-corrected chi connectivity index (χ0v) is 13.8. The van der Waals surface area contributed by atoms with Crippen LogP contribution in [0.25, 0.3) is 0 Å². The zero-order chi connectivity index (χ0) is 15.4. The van der Waals surface area contributed by atoms with E-state index < -0.39 is 0 Å². The van der Waals surface area contributed by atoms with Crippen molar-refractivity contribution >= 4 is 28.8 Å². The lowest BCUT2D eigenvalue weighted by Gasteiger charge is -2.15. The zero-order valence-electron chi connectivity index (χ0n) is 12.3. The fourth-order valence-electron chi connectivity index (χ4n) is 1.99. The Balaban J connectivity index is 1.79. The second kappa shape index (κ2) is 7.06. The summed E-state index contributed by atoms with van der Waals surface area (Å²) in [6, 6.07) is 3.75. The Hall–Kier alpha value is -1.37. The fourth-order valence-corrected chi connectivity index (χ4v) is 3.01. The van der Waals surface area contributed by atoms with Gasteiger partial charge >= 0.3 is 0 Å². The molecule has 0 unspecified atom stereocenters. The highest BCUT2D eigenvalue weighted by atomic mass is 35.5. The third kappa shape index (κ3) is 4.56. The maximum atomic E-state index is 11.9. The first-order chi connectivity index (χ1) is 9.95. The van der Waals surface area contributed by atoms with Crippen LogP contribution in [0, 0.1) is 13.8 Å². The lowest BCUT2D eigenvalue weighted by Crippen LogP contribution is -2.34. The monoisotopic (exact) mass is 327 g/mol. The number of thiophene rings is 1. The number of carbonyl (C=O) groups excluding carboxylic acids is 1. The Morgan fingerprint density at radius 1 is 1.48 bits per heavy atom. The average Bonchev–Trinajstić information content (AvgIpc) is 2.97. The number of rotatable bonds is 6. The van der Waals surface area contributed by atoms with Crippen LogP contribution in [0.3, 0.4) is 0 Å². The van der Waals surface area contributed by atoms with Gasteiger partial charge in [-0.05, 0) is 33.0 Å². The highest BCUT2D eigenvalue weighted by molar-refractivity contribution is 7.16. The van der Waals surface area contributed by atoms with Crippen molar-refractivity contribution in [2.45, 2.75) is 26.9 Å². The van der Waals surface area contributed by atoms with Gasteiger partial charge in [0.1, 0.15) is 5.76 Å². The third-order valence-corrected chi connectivity index (χ3v) is 4.34. The van der Waals surface area contributed by atoms with Gasteiger partial charge in [-0.1, -0.05) is 16.8 Å². The number of hydrogen-bond acceptors (Lipinski definition) is 5. The molecular formula is C14H18ClN3O2S. The van der Waals surface area contributed by atoms with E-state index in [-0.39, 0.29) is 5.91 Å². The quantitative estimate of drug-likeness (QED) is 0.886. The van der Waals surface area contributed by atoms with Crippen LogP contribution in [0.1, 0.15) is 21.9 Å². The van der Waals surface area contributed by atoms with Gasteiger partial charge in [-0.25, -0.2) is 0 Å². The largest absolute Gasteiger partial charge is 0.361 e. The van der Waals surface area contributed by atoms with E-state index >= 15 is 0 Å². The Labute approximate surface area is 132 Å². The minimum absolute atomic E-state index is 0.0196. The molecule has 0 saturated carbocycles. The van der Waals surface area contributed by atoms with Crippen molar-refractivity contribution in [3.05, 3.63) is 38.4 Å². The molecule has 0 spiro atoms. The van der Waals surface area contributed by atoms with E-state index in [2.05, 4.69) is 10.5 Å². The number of amides is 1. The molecule has 0 radical (unpaired) electrons. The van der Waals surface area contributed by atoms with Crippen LogP contribution < -0.4 is 5.32 Å². The third-order valence-electron chi connectivity index (χ3n) is 3.11. The molecular weight excluding hydrogens is 310 g/mol. The molecule has 7 heteroatoms. The highest BCUT2D eigenvalue weighted by Gasteiger charge is 2.13. The number of likely N-dealkylation sites (N-methyl/N-ethyl adjacent to an activating group) is 1. The molecule has 2 aromatic rings. The van der Waals surface area contributed by atoms with Crippen LogP contribution >= 0.6 is 22.9 Å². The summed E-state index contributed by atoms with van der Waals surface area (Å²) in [7, 11) is 1.90. The fraction of sp³-hybridized carbons (Fsp3) is 0.429. The van der Waals surface area contributed by atoms with Crippen LogP contribution in [0.4, 0.5) is 0 Å². The highest BCUT2D eigenvalue weighted by Crippen LogP contribution is 2.21. The minimum atomic E-state index is -0.0196. The molecule has 0 aromatic carbocycles. The number of aromatic nitrogens is 1. The predicted molar refractivity (Wildman–Crippen MR) is 83.5 cm³/mol. The van der Waals surface area contributed by atoms with E-state index in [1.165, 1.54) is 11.3 Å². The van der Waals surface area contributed by atoms with Gasteiger partial charge in [0.2, 0.25) is 5.91 Å². The molecule has 1 N–H and O–H groups in total. The molecule has 21 heavy (non-hydrogen) atoms. The smallest absolute Gasteiger partial charge is 0.234 e. The number of hydrogen-bond donors (Lipinski definition) is 1. The second-order valence-electron chi connectivity index (χ2n) is 4.96. The number of carbonyl (C=O) groups is 1. The molecule has 0 bridgehead atoms. The van der Waals surface area contributed by atoms with Crippen molar-refractivity contribution in [1.82, 2.24) is 15.4 Å². The van der Waals surface area contributed by atoms with Gasteiger partial charge in [-0.3, -0.25) is 9.69 Å². The molecule has 0 aliphatic heterocycles. The maximum Gasteiger partial charge on any atom is 0.234 e. The average molecular weight is 328 g/mol. The summed E-state index contributed by atoms with van der Waals surface area (Å²) in [6.45, 7) is 5.25. The molecule has 2 heterocycles. The standard InChI is InChI=1S/C14H18ClN3O2S/c1-9-12(10(2)20-17-9)7-18(3)8-14(19)16-6-11-4-5-13(15)21-11/h4-5H,6-8H2,1-3H3,(H,16,19). The molecule has 0 saturated heterocycles. The van der Waals surface area contributed by atoms with E-state index in [4.69, 9.17) is 16.1 Å². The molecule has 0 aliphatic rings. The maximum absolute atomic E-state index is 11.9. The van der Waals surface area contributed by atoms with Gasteiger partial charge in [-0.15, -0.1) is 11.3 Å². The van der Waals surface area contributed by atoms with Gasteiger partial charge in [0, 0.05) is 17.0 Å². The van der Waals surface area contributed by atoms with Gasteiger partial charge < -0.3 is 9.84 Å². The van der Waals surface area contributed by atoms with E-state index in [1.54, 1.807) is 0 Å². The number of nitrogens with zero attached hydrogens (tertiary/aromatic N) is 2. The van der Waals surface area contributed by atoms with Crippen LogP contribution in [-0.2, 0) is 17.9 Å². The first-order valence-corrected chi connectivity index (χ1v) is 7.76. The number of nitrogens with one attached hydrogen (secondary N) is 1. The molecule has 114 valence electrons. The van der Waals surface area contributed by atoms with Crippen LogP contribution in [0.2, 0.25) is 4.34 Å². The Morgan fingerprint density at radius 3 is 2.81 bits per heavy atom. The first kappa shape index (κ1) is 16.0. The molecule has 5 nitrogen and oxygen atoms in total. The molecule has 2 aromatic heterocycles. The molecule has 0 atom stereocenters. The number of aryl methyl sites for hydroxylation is 2.